The molecule has 2 heterocycles. The van der Waals surface area contributed by atoms with Gasteiger partial charge in [-0.25, -0.2) is 4.98 Å². The minimum absolute atomic E-state index is 0.0904. The summed E-state index contributed by atoms with van der Waals surface area (Å²) in [7, 11) is 1.61. The molecule has 0 spiro atoms. The van der Waals surface area contributed by atoms with E-state index in [1.807, 2.05) is 60.7 Å². The molecule has 1 aliphatic rings. The highest BCUT2D eigenvalue weighted by Crippen LogP contribution is 2.34. The lowest BCUT2D eigenvalue weighted by molar-refractivity contribution is -0.120. The predicted octanol–water partition coefficient (Wildman–Crippen LogP) is 4.27. The van der Waals surface area contributed by atoms with Crippen LogP contribution in [0.2, 0.25) is 0 Å². The largest absolute Gasteiger partial charge is 0.497 e. The Morgan fingerprint density at radius 1 is 1.21 bits per heavy atom. The highest BCUT2D eigenvalue weighted by Gasteiger charge is 2.27. The number of aromatic nitrogens is 1. The summed E-state index contributed by atoms with van der Waals surface area (Å²) >= 11 is 1.22. The molecule has 0 fully saturated rings. The summed E-state index contributed by atoms with van der Waals surface area (Å²) in [4.78, 5) is 22.3. The molecule has 4 rings (SSSR count). The number of carbonyl (C=O) groups excluding carboxylic acids is 1. The van der Waals surface area contributed by atoms with Crippen molar-refractivity contribution in [1.29, 1.82) is 5.26 Å². The van der Waals surface area contributed by atoms with Crippen LogP contribution in [-0.4, -0.2) is 29.4 Å². The number of rotatable bonds is 7. The molecule has 0 bridgehead atoms. The number of nitrogens with zero attached hydrogens (tertiary/aromatic N) is 2. The van der Waals surface area contributed by atoms with Crippen LogP contribution in [0.4, 0.5) is 0 Å². The Kier molecular flexibility index (Phi) is 6.63. The summed E-state index contributed by atoms with van der Waals surface area (Å²) in [6.45, 7) is 1.79. The van der Waals surface area contributed by atoms with E-state index in [0.29, 0.717) is 10.6 Å². The second-order valence-corrected chi connectivity index (χ2v) is 8.47. The van der Waals surface area contributed by atoms with Gasteiger partial charge in [-0.3, -0.25) is 4.79 Å². The third kappa shape index (κ3) is 5.17. The Morgan fingerprint density at radius 3 is 2.61 bits per heavy atom. The van der Waals surface area contributed by atoms with Crippen molar-refractivity contribution in [1.82, 2.24) is 15.8 Å². The summed E-state index contributed by atoms with van der Waals surface area (Å²) in [5.41, 5.74) is 5.63. The van der Waals surface area contributed by atoms with Gasteiger partial charge in [-0.1, -0.05) is 54.2 Å². The van der Waals surface area contributed by atoms with Gasteiger partial charge >= 0.3 is 0 Å². The summed E-state index contributed by atoms with van der Waals surface area (Å²) in [5, 5.41) is 13.4. The fourth-order valence-electron chi connectivity index (χ4n) is 3.38. The van der Waals surface area contributed by atoms with Crippen molar-refractivity contribution in [2.75, 3.05) is 12.9 Å². The number of thioether (sulfide) groups is 1. The van der Waals surface area contributed by atoms with Crippen molar-refractivity contribution in [2.24, 2.45) is 0 Å². The molecule has 3 aromatic rings. The van der Waals surface area contributed by atoms with E-state index < -0.39 is 5.66 Å². The molecule has 1 unspecified atom stereocenters. The van der Waals surface area contributed by atoms with Crippen molar-refractivity contribution < 1.29 is 14.4 Å². The lowest BCUT2D eigenvalue weighted by Crippen LogP contribution is -2.52. The van der Waals surface area contributed by atoms with Crippen LogP contribution in [0.3, 0.4) is 0 Å². The van der Waals surface area contributed by atoms with Crippen molar-refractivity contribution in [3.63, 3.8) is 0 Å². The topological polar surface area (TPSA) is 96.3 Å². The highest BCUT2D eigenvalue weighted by atomic mass is 32.2. The Hall–Kier alpha value is -3.80. The number of ether oxygens (including phenoxy) is 1. The fraction of sp³-hybridized carbons (Fsp3) is 0.160. The first-order valence-electron chi connectivity index (χ1n) is 10.2. The molecular formula is C25H22N4O3S. The van der Waals surface area contributed by atoms with Crippen LogP contribution in [0, 0.1) is 11.3 Å². The average Bonchev–Trinajstić information content (AvgIpc) is 3.28. The molecule has 1 atom stereocenters. The van der Waals surface area contributed by atoms with Gasteiger partial charge in [-0.2, -0.15) is 5.26 Å². The van der Waals surface area contributed by atoms with E-state index in [9.17, 15) is 10.1 Å². The summed E-state index contributed by atoms with van der Waals surface area (Å²) in [6.07, 6.45) is 3.19. The second-order valence-electron chi connectivity index (χ2n) is 7.50. The Balaban J connectivity index is 1.69. The quantitative estimate of drug-likeness (QED) is 0.511. The van der Waals surface area contributed by atoms with E-state index in [-0.39, 0.29) is 11.7 Å². The van der Waals surface area contributed by atoms with Gasteiger partial charge in [0.1, 0.15) is 28.8 Å². The van der Waals surface area contributed by atoms with Gasteiger partial charge in [-0.05, 0) is 36.8 Å². The molecule has 1 aliphatic heterocycles. The number of hydrogen-bond donors (Lipinski definition) is 2. The first-order chi connectivity index (χ1) is 16.0. The van der Waals surface area contributed by atoms with Gasteiger partial charge in [0.15, 0.2) is 0 Å². The van der Waals surface area contributed by atoms with Crippen molar-refractivity contribution >= 4 is 17.7 Å². The van der Waals surface area contributed by atoms with E-state index in [0.717, 1.165) is 28.1 Å². The number of hydrogen-bond acceptors (Lipinski definition) is 7. The van der Waals surface area contributed by atoms with Crippen LogP contribution in [0.1, 0.15) is 12.5 Å². The molecule has 0 aliphatic carbocycles. The molecule has 33 heavy (non-hydrogen) atoms. The molecule has 0 saturated carbocycles. The first-order valence-corrected chi connectivity index (χ1v) is 11.2. The summed E-state index contributed by atoms with van der Waals surface area (Å²) in [6, 6.07) is 21.5. The molecule has 1 amide bonds. The molecule has 7 nitrogen and oxygen atoms in total. The average molecular weight is 459 g/mol. The third-order valence-electron chi connectivity index (χ3n) is 5.05. The van der Waals surface area contributed by atoms with Crippen molar-refractivity contribution in [2.45, 2.75) is 17.6 Å². The maximum atomic E-state index is 12.6. The highest BCUT2D eigenvalue weighted by molar-refractivity contribution is 8.00. The maximum absolute atomic E-state index is 12.6. The lowest BCUT2D eigenvalue weighted by Gasteiger charge is -2.22. The van der Waals surface area contributed by atoms with Crippen LogP contribution in [0.15, 0.2) is 78.0 Å². The summed E-state index contributed by atoms with van der Waals surface area (Å²) in [5.74, 6) is 0.604. The zero-order chi connectivity index (χ0) is 23.3. The predicted molar refractivity (Wildman–Crippen MR) is 127 cm³/mol. The SMILES string of the molecule is COc1ccc(-c2cc(-c3ccccc3)nc(SCC(=O)NC3(C)C=CON3)c2C#N)cc1. The van der Waals surface area contributed by atoms with E-state index >= 15 is 0 Å². The number of nitriles is 1. The van der Waals surface area contributed by atoms with Crippen LogP contribution in [0.25, 0.3) is 22.4 Å². The number of pyridine rings is 1. The zero-order valence-electron chi connectivity index (χ0n) is 18.2. The van der Waals surface area contributed by atoms with Gasteiger partial charge in [0.25, 0.3) is 0 Å². The third-order valence-corrected chi connectivity index (χ3v) is 6.02. The van der Waals surface area contributed by atoms with Crippen LogP contribution >= 0.6 is 11.8 Å². The molecule has 1 aromatic heterocycles. The molecule has 0 radical (unpaired) electrons. The number of benzene rings is 2. The van der Waals surface area contributed by atoms with Gasteiger partial charge in [-0.15, -0.1) is 5.48 Å². The number of hydroxylamine groups is 1. The Labute approximate surface area is 196 Å². The van der Waals surface area contributed by atoms with Crippen LogP contribution in [0.5, 0.6) is 5.75 Å². The molecular weight excluding hydrogens is 436 g/mol. The van der Waals surface area contributed by atoms with Crippen LogP contribution < -0.4 is 15.5 Å². The van der Waals surface area contributed by atoms with Gasteiger partial charge < -0.3 is 14.9 Å². The Morgan fingerprint density at radius 2 is 1.97 bits per heavy atom. The van der Waals surface area contributed by atoms with Crippen LogP contribution in [-0.2, 0) is 9.63 Å². The molecule has 0 saturated heterocycles. The fourth-order valence-corrected chi connectivity index (χ4v) is 4.18. The molecule has 8 heteroatoms. The number of methoxy groups -OCH3 is 1. The minimum Gasteiger partial charge on any atom is -0.497 e. The van der Waals surface area contributed by atoms with Crippen molar-refractivity contribution in [3.05, 3.63) is 78.6 Å². The van der Waals surface area contributed by atoms with E-state index in [4.69, 9.17) is 14.6 Å². The van der Waals surface area contributed by atoms with E-state index in [1.165, 1.54) is 18.0 Å². The van der Waals surface area contributed by atoms with Gasteiger partial charge in [0.05, 0.1) is 24.1 Å². The standard InChI is InChI=1S/C25H22N4O3S/c1-25(12-13-32-29-25)28-23(30)16-33-24-21(15-26)20(17-8-10-19(31-2)11-9-17)14-22(27-24)18-6-4-3-5-7-18/h3-14,29H,16H2,1-2H3,(H,28,30). The first kappa shape index (κ1) is 22.4. The maximum Gasteiger partial charge on any atom is 0.232 e. The Bertz CT molecular complexity index is 1220. The van der Waals surface area contributed by atoms with Gasteiger partial charge in [0.2, 0.25) is 5.91 Å². The second kappa shape index (κ2) is 9.77. The number of amides is 1. The van der Waals surface area contributed by atoms with E-state index in [2.05, 4.69) is 16.9 Å². The van der Waals surface area contributed by atoms with Gasteiger partial charge in [0, 0.05) is 11.1 Å². The molecule has 2 aromatic carbocycles. The molecule has 2 N–H and O–H groups in total. The minimum atomic E-state index is -0.775. The lowest BCUT2D eigenvalue weighted by atomic mass is 9.99. The van der Waals surface area contributed by atoms with E-state index in [1.54, 1.807) is 20.1 Å². The molecule has 166 valence electrons. The normalized spacial score (nSPS) is 16.6. The smallest absolute Gasteiger partial charge is 0.232 e. The number of carbonyl (C=O) groups is 1. The monoisotopic (exact) mass is 458 g/mol. The van der Waals surface area contributed by atoms with Crippen molar-refractivity contribution in [3.8, 4) is 34.2 Å². The zero-order valence-corrected chi connectivity index (χ0v) is 19.0. The number of nitrogens with one attached hydrogen (secondary N) is 2. The summed E-state index contributed by atoms with van der Waals surface area (Å²) < 4.78 is 5.26.